The van der Waals surface area contributed by atoms with E-state index in [0.29, 0.717) is 11.3 Å². The van der Waals surface area contributed by atoms with Gasteiger partial charge in [0, 0.05) is 0 Å². The van der Waals surface area contributed by atoms with Gasteiger partial charge in [0.2, 0.25) is 0 Å². The van der Waals surface area contributed by atoms with Gasteiger partial charge < -0.3 is 5.73 Å². The third kappa shape index (κ3) is 1.72. The molecule has 1 rings (SSSR count). The molecule has 0 saturated carbocycles. The van der Waals surface area contributed by atoms with Gasteiger partial charge in [0.15, 0.2) is 0 Å². The summed E-state index contributed by atoms with van der Waals surface area (Å²) in [5.74, 6) is 0.621. The largest absolute Gasteiger partial charge is 0.330 e. The summed E-state index contributed by atoms with van der Waals surface area (Å²) in [5, 5.41) is 0. The van der Waals surface area contributed by atoms with Crippen LogP contribution in [0.5, 0.6) is 0 Å². The molecule has 11 heavy (non-hydrogen) atoms. The van der Waals surface area contributed by atoms with E-state index in [9.17, 15) is 0 Å². The molecule has 1 aliphatic carbocycles. The van der Waals surface area contributed by atoms with Crippen LogP contribution in [0.1, 0.15) is 20.3 Å². The van der Waals surface area contributed by atoms with Crippen molar-refractivity contribution in [1.29, 1.82) is 0 Å². The van der Waals surface area contributed by atoms with E-state index in [4.69, 9.17) is 5.73 Å². The van der Waals surface area contributed by atoms with Gasteiger partial charge in [0.1, 0.15) is 0 Å². The predicted molar refractivity (Wildman–Crippen MR) is 49.2 cm³/mol. The van der Waals surface area contributed by atoms with Crippen molar-refractivity contribution in [2.75, 3.05) is 6.54 Å². The smallest absolute Gasteiger partial charge is 0.00689 e. The molecule has 0 heterocycles. The van der Waals surface area contributed by atoms with Gasteiger partial charge in [-0.15, -0.1) is 0 Å². The Morgan fingerprint density at radius 2 is 2.18 bits per heavy atom. The van der Waals surface area contributed by atoms with Gasteiger partial charge in [-0.05, 0) is 24.3 Å². The molecule has 0 aliphatic heterocycles. The Morgan fingerprint density at radius 3 is 2.73 bits per heavy atom. The van der Waals surface area contributed by atoms with Crippen molar-refractivity contribution in [2.24, 2.45) is 17.1 Å². The van der Waals surface area contributed by atoms with Crippen LogP contribution in [0, 0.1) is 11.3 Å². The van der Waals surface area contributed by atoms with Crippen molar-refractivity contribution >= 4 is 0 Å². The highest BCUT2D eigenvalue weighted by molar-refractivity contribution is 5.18. The van der Waals surface area contributed by atoms with Gasteiger partial charge in [-0.1, -0.05) is 38.2 Å². The maximum atomic E-state index is 5.55. The Hall–Kier alpha value is -0.560. The summed E-state index contributed by atoms with van der Waals surface area (Å²) in [4.78, 5) is 0. The fourth-order valence-corrected chi connectivity index (χ4v) is 1.50. The van der Waals surface area contributed by atoms with Crippen molar-refractivity contribution in [2.45, 2.75) is 20.3 Å². The second-order valence-corrected chi connectivity index (χ2v) is 3.58. The summed E-state index contributed by atoms with van der Waals surface area (Å²) in [7, 11) is 0. The maximum absolute atomic E-state index is 5.55. The molecule has 62 valence electrons. The van der Waals surface area contributed by atoms with E-state index in [1.165, 1.54) is 0 Å². The third-order valence-corrected chi connectivity index (χ3v) is 2.71. The van der Waals surface area contributed by atoms with E-state index in [1.807, 2.05) is 0 Å². The Bertz CT molecular complexity index is 181. The van der Waals surface area contributed by atoms with Crippen LogP contribution in [0.3, 0.4) is 0 Å². The van der Waals surface area contributed by atoms with Gasteiger partial charge in [0.05, 0.1) is 0 Å². The van der Waals surface area contributed by atoms with Crippen molar-refractivity contribution in [3.63, 3.8) is 0 Å². The average molecular weight is 151 g/mol. The van der Waals surface area contributed by atoms with Crippen molar-refractivity contribution in [1.82, 2.24) is 0 Å². The summed E-state index contributed by atoms with van der Waals surface area (Å²) in [6.45, 7) is 5.29. The molecule has 0 amide bonds. The van der Waals surface area contributed by atoms with Crippen LogP contribution in [0.25, 0.3) is 0 Å². The molecule has 0 bridgehead atoms. The van der Waals surface area contributed by atoms with Gasteiger partial charge in [-0.25, -0.2) is 0 Å². The number of nitrogens with two attached hydrogens (primary N) is 1. The number of hydrogen-bond acceptors (Lipinski definition) is 1. The first-order chi connectivity index (χ1) is 5.19. The van der Waals surface area contributed by atoms with Crippen molar-refractivity contribution < 1.29 is 0 Å². The standard InChI is InChI=1S/C10H17N/c1-9-5-3-4-6-10(9,2)7-8-11/h3-6,9H,7-8,11H2,1-2H3. The van der Waals surface area contributed by atoms with Crippen LogP contribution >= 0.6 is 0 Å². The molecule has 2 atom stereocenters. The van der Waals surface area contributed by atoms with Gasteiger partial charge in [-0.3, -0.25) is 0 Å². The first-order valence-corrected chi connectivity index (χ1v) is 4.25. The third-order valence-electron chi connectivity index (χ3n) is 2.71. The van der Waals surface area contributed by atoms with Crippen molar-refractivity contribution in [3.05, 3.63) is 24.3 Å². The first kappa shape index (κ1) is 8.54. The molecular weight excluding hydrogens is 134 g/mol. The number of allylic oxidation sites excluding steroid dienone is 4. The summed E-state index contributed by atoms with van der Waals surface area (Å²) in [6, 6.07) is 0. The van der Waals surface area contributed by atoms with Crippen LogP contribution < -0.4 is 5.73 Å². The van der Waals surface area contributed by atoms with E-state index >= 15 is 0 Å². The number of rotatable bonds is 2. The van der Waals surface area contributed by atoms with E-state index < -0.39 is 0 Å². The van der Waals surface area contributed by atoms with Crippen LogP contribution in [0.4, 0.5) is 0 Å². The minimum atomic E-state index is 0.295. The molecule has 2 N–H and O–H groups in total. The molecule has 0 aromatic carbocycles. The van der Waals surface area contributed by atoms with Crippen molar-refractivity contribution in [3.8, 4) is 0 Å². The zero-order valence-electron chi connectivity index (χ0n) is 7.38. The first-order valence-electron chi connectivity index (χ1n) is 4.25. The summed E-state index contributed by atoms with van der Waals surface area (Å²) in [5.41, 5.74) is 5.84. The second-order valence-electron chi connectivity index (χ2n) is 3.58. The molecule has 0 aromatic rings. The molecule has 1 aliphatic rings. The van der Waals surface area contributed by atoms with Gasteiger partial charge in [0.25, 0.3) is 0 Å². The molecule has 0 aromatic heterocycles. The molecule has 1 nitrogen and oxygen atoms in total. The average Bonchev–Trinajstić information content (AvgIpc) is 1.96. The van der Waals surface area contributed by atoms with Crippen LogP contribution in [0.2, 0.25) is 0 Å². The predicted octanol–water partition coefficient (Wildman–Crippen LogP) is 2.10. The molecule has 0 fully saturated rings. The monoisotopic (exact) mass is 151 g/mol. The lowest BCUT2D eigenvalue weighted by atomic mass is 9.73. The lowest BCUT2D eigenvalue weighted by Crippen LogP contribution is -2.26. The zero-order chi connectivity index (χ0) is 8.32. The Balaban J connectivity index is 2.68. The van der Waals surface area contributed by atoms with Crippen LogP contribution in [-0.4, -0.2) is 6.54 Å². The van der Waals surface area contributed by atoms with Crippen LogP contribution in [-0.2, 0) is 0 Å². The van der Waals surface area contributed by atoms with Gasteiger partial charge in [-0.2, -0.15) is 0 Å². The maximum Gasteiger partial charge on any atom is -0.00689 e. The Kier molecular flexibility index (Phi) is 2.50. The Labute approximate surface area is 69.0 Å². The molecule has 2 unspecified atom stereocenters. The summed E-state index contributed by atoms with van der Waals surface area (Å²) >= 11 is 0. The molecule has 0 radical (unpaired) electrons. The lowest BCUT2D eigenvalue weighted by molar-refractivity contribution is 0.305. The SMILES string of the molecule is CC1C=CC=CC1(C)CCN. The molecular formula is C10H17N. The lowest BCUT2D eigenvalue weighted by Gasteiger charge is -2.32. The normalized spacial score (nSPS) is 36.1. The topological polar surface area (TPSA) is 26.0 Å². The van der Waals surface area contributed by atoms with E-state index in [2.05, 4.69) is 38.2 Å². The summed E-state index contributed by atoms with van der Waals surface area (Å²) < 4.78 is 0. The molecule has 0 spiro atoms. The highest BCUT2D eigenvalue weighted by Crippen LogP contribution is 2.35. The Morgan fingerprint density at radius 1 is 1.45 bits per heavy atom. The minimum absolute atomic E-state index is 0.295. The van der Waals surface area contributed by atoms with Crippen LogP contribution in [0.15, 0.2) is 24.3 Å². The van der Waals surface area contributed by atoms with Gasteiger partial charge >= 0.3 is 0 Å². The second kappa shape index (κ2) is 3.22. The summed E-state index contributed by atoms with van der Waals surface area (Å²) in [6.07, 6.45) is 9.83. The fraction of sp³-hybridized carbons (Fsp3) is 0.600. The zero-order valence-corrected chi connectivity index (χ0v) is 7.38. The molecule has 0 saturated heterocycles. The minimum Gasteiger partial charge on any atom is -0.330 e. The van der Waals surface area contributed by atoms with E-state index in [-0.39, 0.29) is 0 Å². The van der Waals surface area contributed by atoms with E-state index in [1.54, 1.807) is 0 Å². The quantitative estimate of drug-likeness (QED) is 0.642. The number of hydrogen-bond donors (Lipinski definition) is 1. The highest BCUT2D eigenvalue weighted by atomic mass is 14.5. The fourth-order valence-electron chi connectivity index (χ4n) is 1.50. The highest BCUT2D eigenvalue weighted by Gasteiger charge is 2.26. The van der Waals surface area contributed by atoms with E-state index in [0.717, 1.165) is 13.0 Å². The molecule has 1 heteroatoms.